The van der Waals surface area contributed by atoms with Crippen LogP contribution in [-0.4, -0.2) is 31.3 Å². The predicted octanol–water partition coefficient (Wildman–Crippen LogP) is 2.38. The molecule has 0 radical (unpaired) electrons. The van der Waals surface area contributed by atoms with E-state index >= 15 is 0 Å². The highest BCUT2D eigenvalue weighted by atomic mass is 16.2. The minimum atomic E-state index is -0.305. The van der Waals surface area contributed by atoms with Crippen molar-refractivity contribution in [3.05, 3.63) is 47.0 Å². The number of rotatable bonds is 4. The summed E-state index contributed by atoms with van der Waals surface area (Å²) in [6, 6.07) is 3.42. The van der Waals surface area contributed by atoms with E-state index in [0.29, 0.717) is 34.8 Å². The van der Waals surface area contributed by atoms with Gasteiger partial charge in [-0.05, 0) is 31.9 Å². The largest absolute Gasteiger partial charge is 0.354 e. The smallest absolute Gasteiger partial charge is 0.273 e. The summed E-state index contributed by atoms with van der Waals surface area (Å²) in [4.78, 5) is 31.6. The molecule has 0 fully saturated rings. The number of carbonyl (C=O) groups excluding carboxylic acids is 2. The number of fused-ring (bicyclic) bond motifs is 1. The van der Waals surface area contributed by atoms with Crippen molar-refractivity contribution in [3.63, 3.8) is 0 Å². The van der Waals surface area contributed by atoms with Crippen LogP contribution in [-0.2, 0) is 6.42 Å². The second kappa shape index (κ2) is 5.68. The molecule has 118 valence electrons. The number of nitrogens with one attached hydrogen (secondary N) is 2. The van der Waals surface area contributed by atoms with Crippen LogP contribution in [0.3, 0.4) is 0 Å². The summed E-state index contributed by atoms with van der Waals surface area (Å²) in [7, 11) is 0. The molecule has 3 aromatic heterocycles. The lowest BCUT2D eigenvalue weighted by Crippen LogP contribution is -2.17. The summed E-state index contributed by atoms with van der Waals surface area (Å²) in [5, 5.41) is 6.95. The van der Waals surface area contributed by atoms with E-state index in [1.807, 2.05) is 6.92 Å². The van der Waals surface area contributed by atoms with Crippen LogP contribution in [0.2, 0.25) is 0 Å². The molecule has 0 aliphatic heterocycles. The maximum Gasteiger partial charge on any atom is 0.273 e. The highest BCUT2D eigenvalue weighted by molar-refractivity contribution is 6.07. The normalized spacial score (nSPS) is 10.9. The van der Waals surface area contributed by atoms with Crippen molar-refractivity contribution in [2.45, 2.75) is 27.2 Å². The minimum absolute atomic E-state index is 0.0481. The minimum Gasteiger partial charge on any atom is -0.354 e. The molecule has 3 aromatic rings. The summed E-state index contributed by atoms with van der Waals surface area (Å²) < 4.78 is 1.55. The number of hydrogen-bond acceptors (Lipinski definition) is 4. The molecular weight excluding hydrogens is 294 g/mol. The van der Waals surface area contributed by atoms with E-state index in [1.165, 1.54) is 6.92 Å². The molecule has 3 heterocycles. The molecule has 0 aromatic carbocycles. The molecule has 1 amide bonds. The van der Waals surface area contributed by atoms with Crippen LogP contribution in [0.5, 0.6) is 0 Å². The summed E-state index contributed by atoms with van der Waals surface area (Å²) in [5.41, 5.74) is 3.09. The van der Waals surface area contributed by atoms with Crippen molar-refractivity contribution in [3.8, 4) is 0 Å². The first-order valence-electron chi connectivity index (χ1n) is 7.35. The summed E-state index contributed by atoms with van der Waals surface area (Å²) in [6.45, 7) is 5.22. The van der Waals surface area contributed by atoms with Gasteiger partial charge in [-0.1, -0.05) is 6.92 Å². The lowest BCUT2D eigenvalue weighted by Gasteiger charge is -2.07. The quantitative estimate of drug-likeness (QED) is 0.724. The van der Waals surface area contributed by atoms with Gasteiger partial charge in [0.2, 0.25) is 0 Å². The molecule has 0 saturated carbocycles. The maximum absolute atomic E-state index is 12.6. The third-order valence-corrected chi connectivity index (χ3v) is 3.76. The topological polar surface area (TPSA) is 92.2 Å². The van der Waals surface area contributed by atoms with Crippen molar-refractivity contribution < 1.29 is 9.59 Å². The van der Waals surface area contributed by atoms with Crippen molar-refractivity contribution in [2.24, 2.45) is 0 Å². The Morgan fingerprint density at radius 1 is 1.30 bits per heavy atom. The highest BCUT2D eigenvalue weighted by Crippen LogP contribution is 2.21. The van der Waals surface area contributed by atoms with Gasteiger partial charge in [-0.3, -0.25) is 9.59 Å². The van der Waals surface area contributed by atoms with Gasteiger partial charge < -0.3 is 10.3 Å². The third kappa shape index (κ3) is 2.50. The van der Waals surface area contributed by atoms with Crippen molar-refractivity contribution in [2.75, 3.05) is 5.32 Å². The number of nitrogens with zero attached hydrogens (tertiary/aromatic N) is 3. The average molecular weight is 311 g/mol. The Kier molecular flexibility index (Phi) is 3.69. The predicted molar refractivity (Wildman–Crippen MR) is 85.9 cm³/mol. The number of H-pyrrole nitrogens is 1. The number of aromatic amines is 1. The molecule has 0 aliphatic rings. The number of Topliss-reactive ketones (excluding diaryl/α,β-unsaturated/α-hetero) is 1. The van der Waals surface area contributed by atoms with Gasteiger partial charge in [0.1, 0.15) is 11.5 Å². The maximum atomic E-state index is 12.6. The van der Waals surface area contributed by atoms with E-state index in [4.69, 9.17) is 0 Å². The Morgan fingerprint density at radius 3 is 2.78 bits per heavy atom. The number of hydrogen-bond donors (Lipinski definition) is 2. The second-order valence-corrected chi connectivity index (χ2v) is 5.27. The van der Waals surface area contributed by atoms with E-state index in [1.54, 1.807) is 36.0 Å². The van der Waals surface area contributed by atoms with Crippen molar-refractivity contribution in [1.82, 2.24) is 19.6 Å². The molecule has 23 heavy (non-hydrogen) atoms. The first kappa shape index (κ1) is 15.0. The van der Waals surface area contributed by atoms with Crippen LogP contribution in [0.4, 0.5) is 5.82 Å². The fraction of sp³-hybridized carbons (Fsp3) is 0.250. The van der Waals surface area contributed by atoms with Gasteiger partial charge in [0, 0.05) is 23.5 Å². The van der Waals surface area contributed by atoms with Crippen LogP contribution in [0.25, 0.3) is 5.65 Å². The van der Waals surface area contributed by atoms with E-state index in [-0.39, 0.29) is 11.7 Å². The second-order valence-electron chi connectivity index (χ2n) is 5.27. The molecule has 0 atom stereocenters. The molecule has 3 rings (SSSR count). The van der Waals surface area contributed by atoms with Gasteiger partial charge in [-0.2, -0.15) is 9.61 Å². The Hall–Kier alpha value is -2.96. The van der Waals surface area contributed by atoms with Crippen molar-refractivity contribution in [1.29, 1.82) is 0 Å². The lowest BCUT2D eigenvalue weighted by molar-refractivity contribution is 0.101. The molecular formula is C16H17N5O2. The van der Waals surface area contributed by atoms with Gasteiger partial charge in [0.15, 0.2) is 11.4 Å². The third-order valence-electron chi connectivity index (χ3n) is 3.76. The van der Waals surface area contributed by atoms with Crippen LogP contribution in [0.15, 0.2) is 24.5 Å². The Morgan fingerprint density at radius 2 is 2.09 bits per heavy atom. The molecule has 2 N–H and O–H groups in total. The van der Waals surface area contributed by atoms with Crippen LogP contribution >= 0.6 is 0 Å². The monoisotopic (exact) mass is 311 g/mol. The van der Waals surface area contributed by atoms with Gasteiger partial charge >= 0.3 is 0 Å². The van der Waals surface area contributed by atoms with E-state index in [9.17, 15) is 9.59 Å². The van der Waals surface area contributed by atoms with Crippen LogP contribution in [0.1, 0.15) is 46.0 Å². The van der Waals surface area contributed by atoms with Gasteiger partial charge in [-0.25, -0.2) is 4.98 Å². The van der Waals surface area contributed by atoms with Crippen molar-refractivity contribution >= 4 is 23.2 Å². The fourth-order valence-corrected chi connectivity index (χ4v) is 2.81. The standard InChI is InChI=1S/C16H17N5O2/c1-4-11-14(10(3)22)9(2)19-15(11)16(23)20-13-5-7-17-12-6-8-18-21(12)13/h5-8,19H,4H2,1-3H3,(H,20,23). The number of aryl methyl sites for hydroxylation is 1. The molecule has 0 aliphatic carbocycles. The number of amides is 1. The SMILES string of the molecule is CCc1c(C(=O)Nc2ccnc3ccnn23)[nH]c(C)c1C(C)=O. The molecule has 0 saturated heterocycles. The van der Waals surface area contributed by atoms with E-state index in [0.717, 1.165) is 5.56 Å². The average Bonchev–Trinajstić information content (AvgIpc) is 3.11. The summed E-state index contributed by atoms with van der Waals surface area (Å²) in [6.07, 6.45) is 3.81. The lowest BCUT2D eigenvalue weighted by atomic mass is 10.0. The van der Waals surface area contributed by atoms with Gasteiger partial charge in [-0.15, -0.1) is 0 Å². The fourth-order valence-electron chi connectivity index (χ4n) is 2.81. The summed E-state index contributed by atoms with van der Waals surface area (Å²) in [5.74, 6) is 0.164. The highest BCUT2D eigenvalue weighted by Gasteiger charge is 2.22. The van der Waals surface area contributed by atoms with Crippen LogP contribution in [0, 0.1) is 6.92 Å². The molecule has 7 heteroatoms. The molecule has 0 bridgehead atoms. The summed E-state index contributed by atoms with van der Waals surface area (Å²) >= 11 is 0. The van der Waals surface area contributed by atoms with Crippen LogP contribution < -0.4 is 5.32 Å². The van der Waals surface area contributed by atoms with Gasteiger partial charge in [0.25, 0.3) is 5.91 Å². The van der Waals surface area contributed by atoms with E-state index in [2.05, 4.69) is 20.4 Å². The Labute approximate surface area is 132 Å². The first-order valence-corrected chi connectivity index (χ1v) is 7.35. The van der Waals surface area contributed by atoms with Gasteiger partial charge in [0.05, 0.1) is 6.20 Å². The zero-order valence-electron chi connectivity index (χ0n) is 13.2. The Balaban J connectivity index is 2.00. The van der Waals surface area contributed by atoms with E-state index < -0.39 is 0 Å². The number of anilines is 1. The molecule has 0 unspecified atom stereocenters. The number of aromatic nitrogens is 4. The number of carbonyl (C=O) groups is 2. The first-order chi connectivity index (χ1) is 11.0. The molecule has 7 nitrogen and oxygen atoms in total. The molecule has 0 spiro atoms. The number of ketones is 1. The Bertz CT molecular complexity index is 906. The zero-order chi connectivity index (χ0) is 16.6. The zero-order valence-corrected chi connectivity index (χ0v) is 13.2.